The Labute approximate surface area is 169 Å². The van der Waals surface area contributed by atoms with Crippen molar-refractivity contribution < 1.29 is 34.4 Å². The number of hydrogen-bond acceptors (Lipinski definition) is 6. The van der Waals surface area contributed by atoms with E-state index in [4.69, 9.17) is 0 Å². The summed E-state index contributed by atoms with van der Waals surface area (Å²) in [5.74, 6) is -3.34. The Morgan fingerprint density at radius 3 is 2.59 bits per heavy atom. The molecular formula is C22H29FO6. The third-order valence-corrected chi connectivity index (χ3v) is 8.88. The number of halogens is 1. The molecule has 0 amide bonds. The number of fused-ring (bicyclic) bond motifs is 5. The zero-order chi connectivity index (χ0) is 21.6. The molecule has 0 saturated heterocycles. The summed E-state index contributed by atoms with van der Waals surface area (Å²) in [5, 5.41) is 42.0. The van der Waals surface area contributed by atoms with Crippen molar-refractivity contribution in [3.05, 3.63) is 23.5 Å². The van der Waals surface area contributed by atoms with E-state index in [-0.39, 0.29) is 6.42 Å². The van der Waals surface area contributed by atoms with Gasteiger partial charge >= 0.3 is 0 Å². The van der Waals surface area contributed by atoms with Gasteiger partial charge in [-0.1, -0.05) is 19.4 Å². The van der Waals surface area contributed by atoms with Crippen LogP contribution in [0.15, 0.2) is 23.5 Å². The molecule has 7 heteroatoms. The number of allylic oxidation sites excluding steroid dienone is 3. The fraction of sp³-hybridized carbons (Fsp3) is 0.727. The molecule has 29 heavy (non-hydrogen) atoms. The van der Waals surface area contributed by atoms with E-state index in [0.29, 0.717) is 24.8 Å². The average molecular weight is 408 g/mol. The molecule has 3 fully saturated rings. The Morgan fingerprint density at radius 1 is 1.31 bits per heavy atom. The topological polar surface area (TPSA) is 115 Å². The molecule has 0 aromatic heterocycles. The fourth-order valence-corrected chi connectivity index (χ4v) is 7.34. The molecule has 4 rings (SSSR count). The van der Waals surface area contributed by atoms with Crippen LogP contribution in [0.1, 0.15) is 46.5 Å². The summed E-state index contributed by atoms with van der Waals surface area (Å²) in [7, 11) is 0. The van der Waals surface area contributed by atoms with Crippen molar-refractivity contribution in [1.29, 1.82) is 0 Å². The maximum atomic E-state index is 16.9. The van der Waals surface area contributed by atoms with E-state index in [0.717, 1.165) is 0 Å². The zero-order valence-corrected chi connectivity index (χ0v) is 17.0. The highest BCUT2D eigenvalue weighted by Gasteiger charge is 2.75. The lowest BCUT2D eigenvalue weighted by molar-refractivity contribution is -0.219. The third-order valence-electron chi connectivity index (χ3n) is 8.88. The number of Topliss-reactive ketones (excluding diaryl/α,β-unsaturated/α-hetero) is 1. The van der Waals surface area contributed by atoms with E-state index >= 15 is 4.39 Å². The van der Waals surface area contributed by atoms with Crippen molar-refractivity contribution in [2.24, 2.45) is 28.6 Å². The Hall–Kier alpha value is -1.57. The van der Waals surface area contributed by atoms with Gasteiger partial charge in [-0.2, -0.15) is 0 Å². The summed E-state index contributed by atoms with van der Waals surface area (Å²) in [5.41, 5.74) is -5.87. The van der Waals surface area contributed by atoms with E-state index in [1.165, 1.54) is 12.2 Å². The van der Waals surface area contributed by atoms with Gasteiger partial charge in [-0.3, -0.25) is 9.59 Å². The normalized spacial score (nSPS) is 51.5. The van der Waals surface area contributed by atoms with E-state index in [1.54, 1.807) is 20.8 Å². The summed E-state index contributed by atoms with van der Waals surface area (Å²) >= 11 is 0. The molecule has 4 aliphatic carbocycles. The van der Waals surface area contributed by atoms with Gasteiger partial charge < -0.3 is 20.4 Å². The van der Waals surface area contributed by atoms with Crippen LogP contribution < -0.4 is 0 Å². The van der Waals surface area contributed by atoms with Crippen LogP contribution in [-0.4, -0.2) is 56.0 Å². The van der Waals surface area contributed by atoms with E-state index < -0.39 is 69.9 Å². The van der Waals surface area contributed by atoms with Crippen molar-refractivity contribution in [1.82, 2.24) is 0 Å². The predicted molar refractivity (Wildman–Crippen MR) is 102 cm³/mol. The molecule has 0 aromatic carbocycles. The van der Waals surface area contributed by atoms with Crippen LogP contribution in [0.5, 0.6) is 0 Å². The Kier molecular flexibility index (Phi) is 4.27. The van der Waals surface area contributed by atoms with Gasteiger partial charge in [0.2, 0.25) is 5.78 Å². The lowest BCUT2D eigenvalue weighted by Crippen LogP contribution is -2.69. The van der Waals surface area contributed by atoms with Gasteiger partial charge in [0.25, 0.3) is 0 Å². The molecule has 0 spiro atoms. The summed E-state index contributed by atoms with van der Waals surface area (Å²) in [6.07, 6.45) is 2.04. The Bertz CT molecular complexity index is 850. The molecule has 0 unspecified atom stereocenters. The number of carbonyl (C=O) groups is 2. The van der Waals surface area contributed by atoms with Gasteiger partial charge in [0, 0.05) is 16.7 Å². The van der Waals surface area contributed by atoms with Gasteiger partial charge in [-0.05, 0) is 56.6 Å². The van der Waals surface area contributed by atoms with Crippen LogP contribution in [0.4, 0.5) is 4.39 Å². The van der Waals surface area contributed by atoms with Gasteiger partial charge in [0.15, 0.2) is 17.2 Å². The molecule has 160 valence electrons. The first kappa shape index (κ1) is 20.7. The number of ketones is 2. The van der Waals surface area contributed by atoms with Crippen molar-refractivity contribution in [2.75, 3.05) is 6.61 Å². The monoisotopic (exact) mass is 408 g/mol. The first-order valence-corrected chi connectivity index (χ1v) is 10.3. The Balaban J connectivity index is 1.85. The summed E-state index contributed by atoms with van der Waals surface area (Å²) in [6, 6.07) is 0. The lowest BCUT2D eigenvalue weighted by atomic mass is 9.44. The number of rotatable bonds is 2. The lowest BCUT2D eigenvalue weighted by Gasteiger charge is -2.62. The molecule has 4 N–H and O–H groups in total. The number of aliphatic hydroxyl groups excluding tert-OH is 3. The van der Waals surface area contributed by atoms with Gasteiger partial charge in [-0.25, -0.2) is 4.39 Å². The molecule has 0 aliphatic heterocycles. The van der Waals surface area contributed by atoms with E-state index in [1.807, 2.05) is 0 Å². The van der Waals surface area contributed by atoms with Crippen molar-refractivity contribution in [3.8, 4) is 0 Å². The average Bonchev–Trinajstić information content (AvgIpc) is 2.85. The van der Waals surface area contributed by atoms with Crippen LogP contribution in [0, 0.1) is 28.6 Å². The first-order chi connectivity index (χ1) is 13.4. The minimum absolute atomic E-state index is 0.150. The van der Waals surface area contributed by atoms with Crippen LogP contribution in [0.2, 0.25) is 0 Å². The maximum Gasteiger partial charge on any atom is 0.219 e. The number of alkyl halides is 1. The second-order valence-electron chi connectivity index (χ2n) is 9.91. The van der Waals surface area contributed by atoms with E-state index in [2.05, 4.69) is 0 Å². The summed E-state index contributed by atoms with van der Waals surface area (Å²) in [6.45, 7) is 4.23. The molecular weight excluding hydrogens is 379 g/mol. The largest absolute Gasteiger partial charge is 0.504 e. The number of carbonyl (C=O) groups excluding carboxylic acids is 2. The van der Waals surface area contributed by atoms with Crippen molar-refractivity contribution in [3.63, 3.8) is 0 Å². The standard InChI is InChI=1S/C22H29FO6/c1-11-6-14-13-5-4-12-7-15(25)16(26)8-19(12,2)21(13,23)17(27)9-20(14,3)22(11,29)18(28)10-24/h7-8,11,13-14,17,24,26-27,29H,4-6,9-10H2,1-3H3/t11-,13+,14+,17+,19+,20+,21+,22+/m1/s1. The molecule has 4 aliphatic rings. The minimum atomic E-state index is -2.15. The highest BCUT2D eigenvalue weighted by molar-refractivity contribution is 6.04. The summed E-state index contributed by atoms with van der Waals surface area (Å²) < 4.78 is 16.9. The summed E-state index contributed by atoms with van der Waals surface area (Å²) in [4.78, 5) is 24.5. The molecule has 0 heterocycles. The van der Waals surface area contributed by atoms with Gasteiger partial charge in [-0.15, -0.1) is 0 Å². The first-order valence-electron chi connectivity index (χ1n) is 10.3. The molecule has 0 radical (unpaired) electrons. The number of aliphatic hydroxyl groups is 4. The predicted octanol–water partition coefficient (Wildman–Crippen LogP) is 1.78. The fourth-order valence-electron chi connectivity index (χ4n) is 7.34. The molecule has 3 saturated carbocycles. The maximum absolute atomic E-state index is 16.9. The highest BCUT2D eigenvalue weighted by atomic mass is 19.1. The SMILES string of the molecule is C[C@@H]1C[C@H]2[C@@H]3CCC4=CC(=O)C(O)=C[C@]4(C)[C@@]3(F)[C@@H](O)C[C@]2(C)[C@@]1(O)C(=O)CO. The van der Waals surface area contributed by atoms with E-state index in [9.17, 15) is 30.0 Å². The second kappa shape index (κ2) is 5.99. The van der Waals surface area contributed by atoms with Crippen molar-refractivity contribution in [2.45, 2.75) is 63.8 Å². The van der Waals surface area contributed by atoms with Crippen LogP contribution in [0.25, 0.3) is 0 Å². The second-order valence-corrected chi connectivity index (χ2v) is 9.91. The number of hydrogen-bond donors (Lipinski definition) is 4. The zero-order valence-electron chi connectivity index (χ0n) is 17.0. The molecule has 0 aromatic rings. The minimum Gasteiger partial charge on any atom is -0.504 e. The van der Waals surface area contributed by atoms with Crippen LogP contribution >= 0.6 is 0 Å². The van der Waals surface area contributed by atoms with Gasteiger partial charge in [0.1, 0.15) is 12.2 Å². The molecule has 6 nitrogen and oxygen atoms in total. The van der Waals surface area contributed by atoms with Crippen molar-refractivity contribution >= 4 is 11.6 Å². The Morgan fingerprint density at radius 2 is 1.97 bits per heavy atom. The van der Waals surface area contributed by atoms with Crippen LogP contribution in [0.3, 0.4) is 0 Å². The van der Waals surface area contributed by atoms with Crippen LogP contribution in [-0.2, 0) is 9.59 Å². The quantitative estimate of drug-likeness (QED) is 0.554. The highest BCUT2D eigenvalue weighted by Crippen LogP contribution is 2.70. The smallest absolute Gasteiger partial charge is 0.219 e. The molecule has 0 bridgehead atoms. The van der Waals surface area contributed by atoms with Gasteiger partial charge in [0.05, 0.1) is 6.10 Å². The molecule has 8 atom stereocenters. The third kappa shape index (κ3) is 2.16.